The number of likely N-dealkylation sites (tertiary alicyclic amines) is 1. The summed E-state index contributed by atoms with van der Waals surface area (Å²) in [5.74, 6) is 0.647. The van der Waals surface area contributed by atoms with Gasteiger partial charge in [-0.2, -0.15) is 0 Å². The van der Waals surface area contributed by atoms with Crippen molar-refractivity contribution in [1.82, 2.24) is 9.88 Å². The summed E-state index contributed by atoms with van der Waals surface area (Å²) in [6, 6.07) is 23.9. The lowest BCUT2D eigenvalue weighted by molar-refractivity contribution is 0.102. The Bertz CT molecular complexity index is 1190. The van der Waals surface area contributed by atoms with Gasteiger partial charge in [0.05, 0.1) is 23.4 Å². The number of carbonyl (C=O) groups is 1. The molecular weight excluding hydrogens is 418 g/mol. The Morgan fingerprint density at radius 2 is 1.88 bits per heavy atom. The van der Waals surface area contributed by atoms with Gasteiger partial charge in [0.2, 0.25) is 0 Å². The van der Waals surface area contributed by atoms with E-state index in [9.17, 15) is 4.79 Å². The number of carbonyl (C=O) groups excluding carboxylic acids is 1. The Hall–Kier alpha value is -3.22. The summed E-state index contributed by atoms with van der Waals surface area (Å²) in [5, 5.41) is 4.14. The maximum absolute atomic E-state index is 12.6. The summed E-state index contributed by atoms with van der Waals surface area (Å²) in [6.07, 6.45) is 2.32. The predicted molar refractivity (Wildman–Crippen MR) is 129 cm³/mol. The first-order valence-electron chi connectivity index (χ1n) is 10.8. The minimum atomic E-state index is -0.116. The lowest BCUT2D eigenvalue weighted by Crippen LogP contribution is -2.22. The van der Waals surface area contributed by atoms with Crippen molar-refractivity contribution in [3.63, 3.8) is 0 Å². The summed E-state index contributed by atoms with van der Waals surface area (Å²) in [4.78, 5) is 20.0. The van der Waals surface area contributed by atoms with E-state index in [0.717, 1.165) is 36.5 Å². The molecule has 32 heavy (non-hydrogen) atoms. The molecule has 3 aromatic carbocycles. The van der Waals surface area contributed by atoms with Crippen molar-refractivity contribution in [3.05, 3.63) is 88.9 Å². The molecule has 1 unspecified atom stereocenters. The van der Waals surface area contributed by atoms with Crippen molar-refractivity contribution in [2.24, 2.45) is 0 Å². The Morgan fingerprint density at radius 1 is 1.09 bits per heavy atom. The molecule has 0 saturated carbocycles. The number of methoxy groups -OCH3 is 1. The number of aromatic nitrogens is 1. The number of thiazole rings is 1. The molecule has 6 heteroatoms. The zero-order valence-electron chi connectivity index (χ0n) is 18.0. The van der Waals surface area contributed by atoms with Crippen molar-refractivity contribution < 1.29 is 9.53 Å². The van der Waals surface area contributed by atoms with Gasteiger partial charge < -0.3 is 10.1 Å². The third-order valence-corrected chi connectivity index (χ3v) is 7.05. The highest BCUT2D eigenvalue weighted by molar-refractivity contribution is 7.18. The maximum atomic E-state index is 12.6. The molecule has 2 heterocycles. The zero-order valence-corrected chi connectivity index (χ0v) is 18.8. The Kier molecular flexibility index (Phi) is 5.88. The summed E-state index contributed by atoms with van der Waals surface area (Å²) >= 11 is 1.80. The molecule has 162 valence electrons. The van der Waals surface area contributed by atoms with Crippen LogP contribution in [0.3, 0.4) is 0 Å². The van der Waals surface area contributed by atoms with Gasteiger partial charge in [0.1, 0.15) is 10.8 Å². The zero-order chi connectivity index (χ0) is 21.9. The number of ether oxygens (including phenoxy) is 1. The number of amides is 1. The molecule has 0 spiro atoms. The van der Waals surface area contributed by atoms with E-state index in [1.54, 1.807) is 18.4 Å². The van der Waals surface area contributed by atoms with Gasteiger partial charge in [-0.15, -0.1) is 11.3 Å². The molecule has 0 bridgehead atoms. The first-order chi connectivity index (χ1) is 15.7. The Balaban J connectivity index is 1.25. The standard InChI is InChI=1S/C26H25N3O2S/c1-31-21-14-12-20(13-15-21)27-25(30)19-10-8-18(9-11-19)17-29-16-4-6-23(29)26-28-22-5-2-3-7-24(22)32-26/h2-3,5,7-15,23H,4,6,16-17H2,1H3,(H,27,30). The molecule has 5 rings (SSSR count). The van der Waals surface area contributed by atoms with Gasteiger partial charge in [-0.05, 0) is 73.5 Å². The molecule has 1 aromatic heterocycles. The lowest BCUT2D eigenvalue weighted by atomic mass is 10.1. The largest absolute Gasteiger partial charge is 0.497 e. The van der Waals surface area contributed by atoms with Crippen molar-refractivity contribution in [3.8, 4) is 5.75 Å². The van der Waals surface area contributed by atoms with Crippen LogP contribution in [-0.4, -0.2) is 29.4 Å². The highest BCUT2D eigenvalue weighted by atomic mass is 32.1. The lowest BCUT2D eigenvalue weighted by Gasteiger charge is -2.22. The topological polar surface area (TPSA) is 54.5 Å². The molecule has 0 aliphatic carbocycles. The second-order valence-corrected chi connectivity index (χ2v) is 9.09. The second kappa shape index (κ2) is 9.10. The molecule has 1 aliphatic rings. The van der Waals surface area contributed by atoms with Gasteiger partial charge in [0.25, 0.3) is 5.91 Å². The molecule has 1 saturated heterocycles. The fourth-order valence-corrected chi connectivity index (χ4v) is 5.34. The van der Waals surface area contributed by atoms with Crippen LogP contribution < -0.4 is 10.1 Å². The van der Waals surface area contributed by atoms with Crippen LogP contribution in [0.5, 0.6) is 5.75 Å². The van der Waals surface area contributed by atoms with Crippen LogP contribution in [0.25, 0.3) is 10.2 Å². The highest BCUT2D eigenvalue weighted by Crippen LogP contribution is 2.37. The van der Waals surface area contributed by atoms with Crippen molar-refractivity contribution in [2.75, 3.05) is 19.0 Å². The van der Waals surface area contributed by atoms with Crippen molar-refractivity contribution in [1.29, 1.82) is 0 Å². The van der Waals surface area contributed by atoms with Crippen LogP contribution >= 0.6 is 11.3 Å². The first kappa shape index (κ1) is 20.7. The third-order valence-electron chi connectivity index (χ3n) is 5.91. The van der Waals surface area contributed by atoms with Crippen LogP contribution in [-0.2, 0) is 6.54 Å². The van der Waals surface area contributed by atoms with E-state index in [1.807, 2.05) is 42.5 Å². The van der Waals surface area contributed by atoms with E-state index >= 15 is 0 Å². The number of fused-ring (bicyclic) bond motifs is 1. The molecule has 1 N–H and O–H groups in total. The average molecular weight is 444 g/mol. The number of anilines is 1. The average Bonchev–Trinajstić information content (AvgIpc) is 3.46. The fourth-order valence-electron chi connectivity index (χ4n) is 4.20. The SMILES string of the molecule is COc1ccc(NC(=O)c2ccc(CN3CCCC3c3nc4ccccc4s3)cc2)cc1. The van der Waals surface area contributed by atoms with Crippen LogP contribution in [0, 0.1) is 0 Å². The number of benzene rings is 3. The number of hydrogen-bond donors (Lipinski definition) is 1. The Labute approximate surface area is 191 Å². The van der Waals surface area contributed by atoms with E-state index < -0.39 is 0 Å². The Morgan fingerprint density at radius 3 is 2.62 bits per heavy atom. The molecule has 5 nitrogen and oxygen atoms in total. The maximum Gasteiger partial charge on any atom is 0.255 e. The van der Waals surface area contributed by atoms with E-state index in [4.69, 9.17) is 9.72 Å². The molecule has 1 fully saturated rings. The number of rotatable bonds is 6. The van der Waals surface area contributed by atoms with Gasteiger partial charge >= 0.3 is 0 Å². The summed E-state index contributed by atoms with van der Waals surface area (Å²) in [7, 11) is 1.62. The minimum Gasteiger partial charge on any atom is -0.497 e. The van der Waals surface area contributed by atoms with Crippen molar-refractivity contribution in [2.45, 2.75) is 25.4 Å². The third kappa shape index (κ3) is 4.38. The number of nitrogens with zero attached hydrogens (tertiary/aromatic N) is 2. The second-order valence-electron chi connectivity index (χ2n) is 8.03. The smallest absolute Gasteiger partial charge is 0.255 e. The number of hydrogen-bond acceptors (Lipinski definition) is 5. The van der Waals surface area contributed by atoms with Crippen LogP contribution in [0.4, 0.5) is 5.69 Å². The van der Waals surface area contributed by atoms with E-state index in [0.29, 0.717) is 11.6 Å². The van der Waals surface area contributed by atoms with Crippen LogP contribution in [0.2, 0.25) is 0 Å². The molecule has 1 aliphatic heterocycles. The normalized spacial score (nSPS) is 16.3. The van der Waals surface area contributed by atoms with E-state index in [2.05, 4.69) is 40.5 Å². The summed E-state index contributed by atoms with van der Waals surface area (Å²) in [5.41, 5.74) is 3.69. The number of para-hydroxylation sites is 1. The van der Waals surface area contributed by atoms with Gasteiger partial charge in [-0.3, -0.25) is 9.69 Å². The van der Waals surface area contributed by atoms with Crippen LogP contribution in [0.1, 0.15) is 39.8 Å². The van der Waals surface area contributed by atoms with Gasteiger partial charge in [-0.1, -0.05) is 24.3 Å². The van der Waals surface area contributed by atoms with Gasteiger partial charge in [-0.25, -0.2) is 4.98 Å². The predicted octanol–water partition coefficient (Wildman–Crippen LogP) is 5.89. The van der Waals surface area contributed by atoms with Crippen LogP contribution in [0.15, 0.2) is 72.8 Å². The minimum absolute atomic E-state index is 0.116. The van der Waals surface area contributed by atoms with E-state index in [1.165, 1.54) is 21.7 Å². The highest BCUT2D eigenvalue weighted by Gasteiger charge is 2.28. The van der Waals surface area contributed by atoms with Gasteiger partial charge in [0, 0.05) is 17.8 Å². The molecular formula is C26H25N3O2S. The monoisotopic (exact) mass is 443 g/mol. The molecule has 1 atom stereocenters. The molecule has 0 radical (unpaired) electrons. The quantitative estimate of drug-likeness (QED) is 0.403. The molecule has 4 aromatic rings. The first-order valence-corrected chi connectivity index (χ1v) is 11.6. The van der Waals surface area contributed by atoms with Crippen molar-refractivity contribution >= 4 is 33.1 Å². The number of nitrogens with one attached hydrogen (secondary N) is 1. The summed E-state index contributed by atoms with van der Waals surface area (Å²) in [6.45, 7) is 1.93. The van der Waals surface area contributed by atoms with Gasteiger partial charge in [0.15, 0.2) is 0 Å². The van der Waals surface area contributed by atoms with E-state index in [-0.39, 0.29) is 5.91 Å². The summed E-state index contributed by atoms with van der Waals surface area (Å²) < 4.78 is 6.41. The fraction of sp³-hybridized carbons (Fsp3) is 0.231. The molecule has 1 amide bonds.